The molecule has 0 aliphatic heterocycles. The lowest BCUT2D eigenvalue weighted by Gasteiger charge is -2.22. The first-order valence-corrected chi connectivity index (χ1v) is 27.1. The number of nitrogens with zero attached hydrogens (tertiary/aromatic N) is 6. The van der Waals surface area contributed by atoms with E-state index in [1.54, 1.807) is 0 Å². The Morgan fingerprint density at radius 3 is 1.71 bits per heavy atom. The molecule has 0 fully saturated rings. The number of hydrogen-bond donors (Lipinski definition) is 0. The van der Waals surface area contributed by atoms with Gasteiger partial charge in [0.15, 0.2) is 23.3 Å². The van der Waals surface area contributed by atoms with Crippen LogP contribution in [0.4, 0.5) is 0 Å². The fraction of sp³-hybridized carbons (Fsp3) is 0.191. The summed E-state index contributed by atoms with van der Waals surface area (Å²) in [6, 6.07) is 65.3. The Morgan fingerprint density at radius 2 is 1.04 bits per heavy atom. The molecule has 0 saturated carbocycles. The molecule has 0 atom stereocenters. The first-order chi connectivity index (χ1) is 36.3. The van der Waals surface area contributed by atoms with Crippen molar-refractivity contribution >= 4 is 53.3 Å². The molecule has 4 heterocycles. The second-order valence-corrected chi connectivity index (χ2v) is 23.2. The minimum atomic E-state index is -0.0986. The van der Waals surface area contributed by atoms with Crippen molar-refractivity contribution in [1.82, 2.24) is 29.5 Å². The standard InChI is InChI=1S/C68H60N6S/c1-9-10-21-43-36-48(39-50(37-43)68(6,7)8)65-71-64(47-34-42(2)35-49(38-47)67(3,4)5)72-66(73-65)54-40-46(63-69-55(44-22-13-11-14-23-44)41-56(70-63)45-24-15-12-16-25-45)30-32-58(54)74-57-28-19-17-27-53(57)61-59(74)33-31-52-51-26-18-20-29-60(51)75-62(52)61/h11-20,22-41H,9-10,21H2,1-8H3. The number of aryl methyl sites for hydroxylation is 2. The zero-order valence-electron chi connectivity index (χ0n) is 44.0. The molecule has 0 aliphatic carbocycles. The smallest absolute Gasteiger partial charge is 0.166 e. The summed E-state index contributed by atoms with van der Waals surface area (Å²) in [5.74, 6) is 2.44. The predicted octanol–water partition coefficient (Wildman–Crippen LogP) is 18.4. The lowest BCUT2D eigenvalue weighted by Crippen LogP contribution is -2.12. The van der Waals surface area contributed by atoms with E-state index in [2.05, 4.69) is 230 Å². The number of unbranched alkanes of at least 4 members (excludes halogenated alkanes) is 1. The van der Waals surface area contributed by atoms with Crippen LogP contribution in [0.1, 0.15) is 83.6 Å². The van der Waals surface area contributed by atoms with Gasteiger partial charge in [-0.05, 0) is 114 Å². The van der Waals surface area contributed by atoms with E-state index in [-0.39, 0.29) is 10.8 Å². The van der Waals surface area contributed by atoms with Gasteiger partial charge in [-0.3, -0.25) is 0 Å². The van der Waals surface area contributed by atoms with Gasteiger partial charge >= 0.3 is 0 Å². The molecule has 0 unspecified atom stereocenters. The minimum Gasteiger partial charge on any atom is -0.308 e. The van der Waals surface area contributed by atoms with E-state index in [0.29, 0.717) is 23.3 Å². The summed E-state index contributed by atoms with van der Waals surface area (Å²) in [5.41, 5.74) is 15.2. The first kappa shape index (κ1) is 47.8. The summed E-state index contributed by atoms with van der Waals surface area (Å²) in [6.07, 6.45) is 3.19. The fourth-order valence-corrected chi connectivity index (χ4v) is 11.8. The van der Waals surface area contributed by atoms with Crippen LogP contribution in [0, 0.1) is 6.92 Å². The third-order valence-electron chi connectivity index (χ3n) is 14.6. The number of hydrogen-bond acceptors (Lipinski definition) is 6. The van der Waals surface area contributed by atoms with Crippen LogP contribution in [0.2, 0.25) is 0 Å². The Balaban J connectivity index is 1.18. The van der Waals surface area contributed by atoms with E-state index in [0.717, 1.165) is 86.3 Å². The molecule has 4 aromatic heterocycles. The molecule has 0 radical (unpaired) electrons. The van der Waals surface area contributed by atoms with Crippen molar-refractivity contribution in [3.8, 4) is 73.8 Å². The lowest BCUT2D eigenvalue weighted by atomic mass is 9.84. The van der Waals surface area contributed by atoms with Crippen molar-refractivity contribution in [2.24, 2.45) is 0 Å². The summed E-state index contributed by atoms with van der Waals surface area (Å²) >= 11 is 1.86. The van der Waals surface area contributed by atoms with Gasteiger partial charge in [0.1, 0.15) is 0 Å². The number of thiophene rings is 1. The molecule has 8 aromatic carbocycles. The Bertz CT molecular complexity index is 4080. The number of aromatic nitrogens is 6. The molecule has 0 spiro atoms. The molecular weight excluding hydrogens is 933 g/mol. The molecule has 0 bridgehead atoms. The van der Waals surface area contributed by atoms with Gasteiger partial charge in [-0.25, -0.2) is 24.9 Å². The largest absolute Gasteiger partial charge is 0.308 e. The third kappa shape index (κ3) is 9.10. The van der Waals surface area contributed by atoms with Crippen molar-refractivity contribution in [2.45, 2.75) is 85.5 Å². The zero-order valence-corrected chi connectivity index (χ0v) is 44.8. The Morgan fingerprint density at radius 1 is 0.453 bits per heavy atom. The summed E-state index contributed by atoms with van der Waals surface area (Å²) in [5, 5.41) is 4.96. The molecular formula is C68H60N6S. The van der Waals surface area contributed by atoms with Crippen molar-refractivity contribution < 1.29 is 0 Å². The van der Waals surface area contributed by atoms with Crippen LogP contribution in [-0.2, 0) is 17.3 Å². The SMILES string of the molecule is CCCCc1cc(-c2nc(-c3cc(C)cc(C(C)(C)C)c3)nc(-c3cc(-c4nc(-c5ccccc5)cc(-c5ccccc5)n4)ccc3-n3c4ccccc4c4c5sc6ccccc6c5ccc43)n2)cc(C(C)(C)C)c1. The molecule has 0 amide bonds. The normalized spacial score (nSPS) is 12.2. The van der Waals surface area contributed by atoms with E-state index in [1.807, 2.05) is 23.5 Å². The topological polar surface area (TPSA) is 69.4 Å². The highest BCUT2D eigenvalue weighted by Gasteiger charge is 2.25. The highest BCUT2D eigenvalue weighted by atomic mass is 32.1. The van der Waals surface area contributed by atoms with Crippen LogP contribution >= 0.6 is 11.3 Å². The van der Waals surface area contributed by atoms with Gasteiger partial charge in [0.25, 0.3) is 0 Å². The van der Waals surface area contributed by atoms with Crippen LogP contribution in [-0.4, -0.2) is 29.5 Å². The fourth-order valence-electron chi connectivity index (χ4n) is 10.5. The number of benzene rings is 8. The van der Waals surface area contributed by atoms with Crippen molar-refractivity contribution in [3.05, 3.63) is 204 Å². The van der Waals surface area contributed by atoms with E-state index < -0.39 is 0 Å². The maximum Gasteiger partial charge on any atom is 0.166 e. The predicted molar refractivity (Wildman–Crippen MR) is 316 cm³/mol. The molecule has 0 N–H and O–H groups in total. The van der Waals surface area contributed by atoms with Gasteiger partial charge in [0.05, 0.1) is 28.1 Å². The quantitative estimate of drug-likeness (QED) is 0.137. The van der Waals surface area contributed by atoms with Crippen LogP contribution in [0.25, 0.3) is 116 Å². The molecule has 7 heteroatoms. The third-order valence-corrected chi connectivity index (χ3v) is 15.8. The first-order valence-electron chi connectivity index (χ1n) is 26.3. The lowest BCUT2D eigenvalue weighted by molar-refractivity contribution is 0.589. The monoisotopic (exact) mass is 992 g/mol. The van der Waals surface area contributed by atoms with Crippen molar-refractivity contribution in [3.63, 3.8) is 0 Å². The van der Waals surface area contributed by atoms with Crippen LogP contribution in [0.3, 0.4) is 0 Å². The maximum atomic E-state index is 5.64. The molecule has 0 aliphatic rings. The average Bonchev–Trinajstić information content (AvgIpc) is 4.07. The summed E-state index contributed by atoms with van der Waals surface area (Å²) < 4.78 is 4.97. The van der Waals surface area contributed by atoms with Gasteiger partial charge in [-0.15, -0.1) is 11.3 Å². The minimum absolute atomic E-state index is 0.0978. The number of rotatable bonds is 10. The Kier molecular flexibility index (Phi) is 12.1. The Labute approximate surface area is 443 Å². The van der Waals surface area contributed by atoms with Crippen LogP contribution < -0.4 is 0 Å². The van der Waals surface area contributed by atoms with Gasteiger partial charge < -0.3 is 4.57 Å². The van der Waals surface area contributed by atoms with E-state index in [9.17, 15) is 0 Å². The Hall–Kier alpha value is -8.13. The van der Waals surface area contributed by atoms with E-state index in [1.165, 1.54) is 47.6 Å². The number of para-hydroxylation sites is 1. The molecule has 75 heavy (non-hydrogen) atoms. The van der Waals surface area contributed by atoms with Crippen molar-refractivity contribution in [1.29, 1.82) is 0 Å². The van der Waals surface area contributed by atoms with Gasteiger partial charge in [0, 0.05) is 64.3 Å². The maximum absolute atomic E-state index is 5.64. The molecule has 0 saturated heterocycles. The van der Waals surface area contributed by atoms with Crippen LogP contribution in [0.5, 0.6) is 0 Å². The van der Waals surface area contributed by atoms with Gasteiger partial charge in [-0.2, -0.15) is 0 Å². The molecule has 12 aromatic rings. The molecule has 6 nitrogen and oxygen atoms in total. The van der Waals surface area contributed by atoms with E-state index in [4.69, 9.17) is 24.9 Å². The zero-order chi connectivity index (χ0) is 51.6. The van der Waals surface area contributed by atoms with Crippen LogP contribution in [0.15, 0.2) is 182 Å². The highest BCUT2D eigenvalue weighted by Crippen LogP contribution is 2.45. The average molecular weight is 993 g/mol. The van der Waals surface area contributed by atoms with Gasteiger partial charge in [-0.1, -0.05) is 176 Å². The second kappa shape index (κ2) is 19.0. The summed E-state index contributed by atoms with van der Waals surface area (Å²) in [7, 11) is 0. The molecule has 368 valence electrons. The summed E-state index contributed by atoms with van der Waals surface area (Å²) in [6.45, 7) is 18.1. The highest BCUT2D eigenvalue weighted by molar-refractivity contribution is 7.26. The van der Waals surface area contributed by atoms with Gasteiger partial charge in [0.2, 0.25) is 0 Å². The summed E-state index contributed by atoms with van der Waals surface area (Å²) in [4.78, 5) is 27.4. The number of fused-ring (bicyclic) bond motifs is 7. The molecule has 12 rings (SSSR count). The second-order valence-electron chi connectivity index (χ2n) is 22.1. The van der Waals surface area contributed by atoms with E-state index >= 15 is 0 Å². The van der Waals surface area contributed by atoms with Crippen molar-refractivity contribution in [2.75, 3.05) is 0 Å².